The van der Waals surface area contributed by atoms with Gasteiger partial charge in [-0.05, 0) is 7.05 Å². The van der Waals surface area contributed by atoms with Crippen LogP contribution in [0.2, 0.25) is 0 Å². The molecule has 2 heterocycles. The predicted molar refractivity (Wildman–Crippen MR) is 64.3 cm³/mol. The molecule has 6 nitrogen and oxygen atoms in total. The van der Waals surface area contributed by atoms with E-state index in [0.717, 1.165) is 37.8 Å². The Morgan fingerprint density at radius 3 is 2.50 bits per heavy atom. The quantitative estimate of drug-likeness (QED) is 0.756. The minimum Gasteiger partial charge on any atom is -0.372 e. The molecule has 0 spiro atoms. The van der Waals surface area contributed by atoms with Crippen LogP contribution in [0.3, 0.4) is 0 Å². The smallest absolute Gasteiger partial charge is 0.161 e. The van der Waals surface area contributed by atoms with Crippen LogP contribution in [-0.4, -0.2) is 60.2 Å². The highest BCUT2D eigenvalue weighted by Crippen LogP contribution is 2.08. The molecule has 16 heavy (non-hydrogen) atoms. The van der Waals surface area contributed by atoms with E-state index < -0.39 is 0 Å². The van der Waals surface area contributed by atoms with Gasteiger partial charge >= 0.3 is 0 Å². The molecule has 1 fully saturated rings. The molecule has 0 aliphatic carbocycles. The third-order valence-electron chi connectivity index (χ3n) is 2.67. The number of hydrazine groups is 1. The first-order valence-electron chi connectivity index (χ1n) is 5.48. The lowest BCUT2D eigenvalue weighted by atomic mass is 10.4. The molecule has 1 saturated heterocycles. The van der Waals surface area contributed by atoms with Gasteiger partial charge in [-0.1, -0.05) is 0 Å². The molecule has 0 aromatic carbocycles. The Bertz CT molecular complexity index is 334. The topological polar surface area (TPSA) is 56.3 Å². The highest BCUT2D eigenvalue weighted by molar-refractivity contribution is 5.40. The summed E-state index contributed by atoms with van der Waals surface area (Å²) in [5, 5.41) is 5.14. The zero-order valence-corrected chi connectivity index (χ0v) is 9.77. The monoisotopic (exact) mass is 222 g/mol. The molecule has 1 aromatic rings. The first-order valence-corrected chi connectivity index (χ1v) is 5.48. The number of nitrogens with one attached hydrogen (secondary N) is 2. The Balaban J connectivity index is 1.93. The molecule has 0 amide bonds. The van der Waals surface area contributed by atoms with Gasteiger partial charge in [-0.2, -0.15) is 0 Å². The summed E-state index contributed by atoms with van der Waals surface area (Å²) in [5.74, 6) is 1.57. The molecule has 2 rings (SSSR count). The standard InChI is InChI=1S/C10H18N6/c1-11-9-7-12-8-10(13-9)14-16-5-3-15(2)4-6-16/h7-8H,3-6H2,1-2H3,(H2,11,13,14). The number of hydrogen-bond acceptors (Lipinski definition) is 6. The summed E-state index contributed by atoms with van der Waals surface area (Å²) in [6, 6.07) is 0. The Morgan fingerprint density at radius 2 is 1.81 bits per heavy atom. The van der Waals surface area contributed by atoms with E-state index in [9.17, 15) is 0 Å². The van der Waals surface area contributed by atoms with Crippen molar-refractivity contribution in [3.63, 3.8) is 0 Å². The molecule has 6 heteroatoms. The van der Waals surface area contributed by atoms with Crippen LogP contribution in [0.5, 0.6) is 0 Å². The van der Waals surface area contributed by atoms with Crippen molar-refractivity contribution in [2.45, 2.75) is 0 Å². The maximum absolute atomic E-state index is 4.36. The van der Waals surface area contributed by atoms with Gasteiger partial charge in [0, 0.05) is 33.2 Å². The molecule has 1 aliphatic heterocycles. The lowest BCUT2D eigenvalue weighted by Gasteiger charge is -2.32. The highest BCUT2D eigenvalue weighted by Gasteiger charge is 2.13. The van der Waals surface area contributed by atoms with Crippen LogP contribution in [0, 0.1) is 0 Å². The van der Waals surface area contributed by atoms with E-state index in [1.165, 1.54) is 0 Å². The third kappa shape index (κ3) is 2.80. The minimum atomic E-state index is 0.777. The maximum Gasteiger partial charge on any atom is 0.161 e. The first kappa shape index (κ1) is 11.1. The number of likely N-dealkylation sites (N-methyl/N-ethyl adjacent to an activating group) is 1. The van der Waals surface area contributed by atoms with Gasteiger partial charge in [-0.25, -0.2) is 9.99 Å². The Morgan fingerprint density at radius 1 is 1.12 bits per heavy atom. The molecule has 1 aromatic heterocycles. The zero-order chi connectivity index (χ0) is 11.4. The normalized spacial score (nSPS) is 18.4. The maximum atomic E-state index is 4.36. The van der Waals surface area contributed by atoms with Crippen molar-refractivity contribution in [3.05, 3.63) is 12.4 Å². The van der Waals surface area contributed by atoms with E-state index in [-0.39, 0.29) is 0 Å². The molecular formula is C10H18N6. The zero-order valence-electron chi connectivity index (χ0n) is 9.77. The van der Waals surface area contributed by atoms with Gasteiger partial charge in [0.25, 0.3) is 0 Å². The summed E-state index contributed by atoms with van der Waals surface area (Å²) in [7, 11) is 3.97. The number of piperazine rings is 1. The molecule has 2 N–H and O–H groups in total. The Labute approximate surface area is 95.6 Å². The van der Waals surface area contributed by atoms with Crippen LogP contribution in [0.4, 0.5) is 11.6 Å². The number of nitrogens with zero attached hydrogens (tertiary/aromatic N) is 4. The predicted octanol–water partition coefficient (Wildman–Crippen LogP) is 0.0926. The fraction of sp³-hybridized carbons (Fsp3) is 0.600. The molecule has 0 bridgehead atoms. The highest BCUT2D eigenvalue weighted by atomic mass is 15.5. The number of hydrogen-bond donors (Lipinski definition) is 2. The van der Waals surface area contributed by atoms with Gasteiger partial charge in [-0.3, -0.25) is 4.98 Å². The van der Waals surface area contributed by atoms with Crippen molar-refractivity contribution in [2.24, 2.45) is 0 Å². The van der Waals surface area contributed by atoms with Crippen molar-refractivity contribution in [1.82, 2.24) is 19.9 Å². The van der Waals surface area contributed by atoms with E-state index in [1.807, 2.05) is 7.05 Å². The number of aromatic nitrogens is 2. The van der Waals surface area contributed by atoms with Crippen LogP contribution >= 0.6 is 0 Å². The third-order valence-corrected chi connectivity index (χ3v) is 2.67. The van der Waals surface area contributed by atoms with E-state index >= 15 is 0 Å². The van der Waals surface area contributed by atoms with E-state index in [1.54, 1.807) is 12.4 Å². The van der Waals surface area contributed by atoms with Gasteiger partial charge < -0.3 is 15.6 Å². The summed E-state index contributed by atoms with van der Waals surface area (Å²) in [5.41, 5.74) is 3.27. The van der Waals surface area contributed by atoms with Gasteiger partial charge in [0.2, 0.25) is 0 Å². The number of anilines is 2. The van der Waals surface area contributed by atoms with Crippen molar-refractivity contribution >= 4 is 11.6 Å². The first-order chi connectivity index (χ1) is 7.78. The second-order valence-electron chi connectivity index (χ2n) is 3.94. The molecule has 0 radical (unpaired) electrons. The summed E-state index contributed by atoms with van der Waals surface area (Å²) in [6.07, 6.45) is 3.44. The van der Waals surface area contributed by atoms with Crippen LogP contribution in [0.1, 0.15) is 0 Å². The van der Waals surface area contributed by atoms with Crippen LogP contribution in [0.15, 0.2) is 12.4 Å². The molecule has 0 saturated carbocycles. The SMILES string of the molecule is CNc1cncc(NN2CCN(C)CC2)n1. The fourth-order valence-electron chi connectivity index (χ4n) is 1.62. The van der Waals surface area contributed by atoms with Gasteiger partial charge in [-0.15, -0.1) is 0 Å². The number of rotatable bonds is 3. The van der Waals surface area contributed by atoms with Crippen molar-refractivity contribution in [1.29, 1.82) is 0 Å². The molecule has 88 valence electrons. The fourth-order valence-corrected chi connectivity index (χ4v) is 1.62. The van der Waals surface area contributed by atoms with Crippen LogP contribution in [-0.2, 0) is 0 Å². The van der Waals surface area contributed by atoms with Crippen molar-refractivity contribution in [3.8, 4) is 0 Å². The summed E-state index contributed by atoms with van der Waals surface area (Å²) >= 11 is 0. The summed E-state index contributed by atoms with van der Waals surface area (Å²) in [6.45, 7) is 4.15. The van der Waals surface area contributed by atoms with Crippen LogP contribution < -0.4 is 10.7 Å². The summed E-state index contributed by atoms with van der Waals surface area (Å²) in [4.78, 5) is 10.8. The minimum absolute atomic E-state index is 0.777. The Kier molecular flexibility index (Phi) is 3.53. The average molecular weight is 222 g/mol. The average Bonchev–Trinajstić information content (AvgIpc) is 2.32. The Hall–Kier alpha value is -1.40. The molecule has 0 unspecified atom stereocenters. The lowest BCUT2D eigenvalue weighted by Crippen LogP contribution is -2.47. The largest absolute Gasteiger partial charge is 0.372 e. The van der Waals surface area contributed by atoms with Crippen LogP contribution in [0.25, 0.3) is 0 Å². The van der Waals surface area contributed by atoms with E-state index in [4.69, 9.17) is 0 Å². The molecule has 1 aliphatic rings. The molecular weight excluding hydrogens is 204 g/mol. The van der Waals surface area contributed by atoms with Gasteiger partial charge in [0.05, 0.1) is 12.4 Å². The van der Waals surface area contributed by atoms with Gasteiger partial charge in [0.1, 0.15) is 5.82 Å². The van der Waals surface area contributed by atoms with Crippen molar-refractivity contribution < 1.29 is 0 Å². The molecule has 0 atom stereocenters. The van der Waals surface area contributed by atoms with Crippen molar-refractivity contribution in [2.75, 3.05) is 51.0 Å². The summed E-state index contributed by atoms with van der Waals surface area (Å²) < 4.78 is 0. The van der Waals surface area contributed by atoms with E-state index in [0.29, 0.717) is 0 Å². The lowest BCUT2D eigenvalue weighted by molar-refractivity contribution is 0.178. The van der Waals surface area contributed by atoms with Gasteiger partial charge in [0.15, 0.2) is 5.82 Å². The second kappa shape index (κ2) is 5.09. The second-order valence-corrected chi connectivity index (χ2v) is 3.94. The van der Waals surface area contributed by atoms with E-state index in [2.05, 4.69) is 37.7 Å².